The molecule has 3 aromatic rings. The van der Waals surface area contributed by atoms with E-state index in [-0.39, 0.29) is 11.8 Å². The molecule has 0 aliphatic rings. The lowest BCUT2D eigenvalue weighted by Gasteiger charge is -2.08. The zero-order valence-corrected chi connectivity index (χ0v) is 12.5. The van der Waals surface area contributed by atoms with Crippen LogP contribution in [0.2, 0.25) is 0 Å². The number of amides is 1. The van der Waals surface area contributed by atoms with Crippen molar-refractivity contribution in [3.8, 4) is 17.0 Å². The van der Waals surface area contributed by atoms with E-state index >= 15 is 0 Å². The Morgan fingerprint density at radius 2 is 2.13 bits per heavy atom. The molecule has 0 saturated heterocycles. The van der Waals surface area contributed by atoms with Gasteiger partial charge in [0.2, 0.25) is 5.88 Å². The van der Waals surface area contributed by atoms with Crippen LogP contribution in [0.5, 0.6) is 5.75 Å². The van der Waals surface area contributed by atoms with Crippen LogP contribution in [-0.4, -0.2) is 22.7 Å². The number of para-hydroxylation sites is 1. The topological polar surface area (TPSA) is 77.2 Å². The predicted octanol–water partition coefficient (Wildman–Crippen LogP) is 3.39. The Hall–Kier alpha value is -3.15. The van der Waals surface area contributed by atoms with Gasteiger partial charge in [0, 0.05) is 24.0 Å². The third-order valence-electron chi connectivity index (χ3n) is 3.14. The fraction of sp³-hybridized carbons (Fsp3) is 0.118. The minimum Gasteiger partial charge on any atom is -0.493 e. The van der Waals surface area contributed by atoms with E-state index in [1.54, 1.807) is 42.7 Å². The first-order valence-electron chi connectivity index (χ1n) is 7.18. The minimum absolute atomic E-state index is 0.264. The summed E-state index contributed by atoms with van der Waals surface area (Å²) in [5.41, 5.74) is 1.85. The van der Waals surface area contributed by atoms with Crippen molar-refractivity contribution >= 4 is 11.8 Å². The van der Waals surface area contributed by atoms with Crippen LogP contribution in [0.25, 0.3) is 11.3 Å². The van der Waals surface area contributed by atoms with Gasteiger partial charge in [-0.25, -0.2) is 0 Å². The van der Waals surface area contributed by atoms with Crippen molar-refractivity contribution in [2.75, 3.05) is 11.9 Å². The van der Waals surface area contributed by atoms with E-state index < -0.39 is 0 Å². The Kier molecular flexibility index (Phi) is 4.33. The van der Waals surface area contributed by atoms with Gasteiger partial charge in [-0.15, -0.1) is 0 Å². The van der Waals surface area contributed by atoms with E-state index in [1.165, 1.54) is 0 Å². The smallest absolute Gasteiger partial charge is 0.261 e. The lowest BCUT2D eigenvalue weighted by atomic mass is 10.2. The van der Waals surface area contributed by atoms with Gasteiger partial charge in [-0.3, -0.25) is 15.1 Å². The number of pyridine rings is 1. The number of carbonyl (C=O) groups is 1. The third-order valence-corrected chi connectivity index (χ3v) is 3.14. The molecule has 0 unspecified atom stereocenters. The quantitative estimate of drug-likeness (QED) is 0.781. The van der Waals surface area contributed by atoms with Gasteiger partial charge in [0.25, 0.3) is 5.91 Å². The van der Waals surface area contributed by atoms with Gasteiger partial charge < -0.3 is 9.26 Å². The maximum absolute atomic E-state index is 12.4. The summed E-state index contributed by atoms with van der Waals surface area (Å²) < 4.78 is 10.6. The molecule has 6 nitrogen and oxygen atoms in total. The number of hydrogen-bond acceptors (Lipinski definition) is 5. The van der Waals surface area contributed by atoms with Crippen LogP contribution >= 0.6 is 0 Å². The summed E-state index contributed by atoms with van der Waals surface area (Å²) in [5.74, 6) is 0.475. The van der Waals surface area contributed by atoms with Crippen molar-refractivity contribution in [3.63, 3.8) is 0 Å². The Bertz CT molecular complexity index is 800. The standard InChI is InChI=1S/C17H15N3O3/c1-2-22-15-8-4-3-7-13(15)17(21)19-16-10-14(20-23-16)12-6-5-9-18-11-12/h3-11H,2H2,1H3,(H,19,21). The van der Waals surface area contributed by atoms with E-state index in [4.69, 9.17) is 9.26 Å². The summed E-state index contributed by atoms with van der Waals surface area (Å²) in [6.07, 6.45) is 3.35. The lowest BCUT2D eigenvalue weighted by molar-refractivity contribution is 0.102. The van der Waals surface area contributed by atoms with E-state index in [9.17, 15) is 4.79 Å². The SMILES string of the molecule is CCOc1ccccc1C(=O)Nc1cc(-c2cccnc2)no1. The number of ether oxygens (including phenoxy) is 1. The van der Waals surface area contributed by atoms with Gasteiger partial charge in [-0.2, -0.15) is 0 Å². The molecule has 0 radical (unpaired) electrons. The fourth-order valence-electron chi connectivity index (χ4n) is 2.10. The molecular formula is C17H15N3O3. The van der Waals surface area contributed by atoms with Gasteiger partial charge in [0.05, 0.1) is 12.2 Å². The minimum atomic E-state index is -0.317. The number of rotatable bonds is 5. The van der Waals surface area contributed by atoms with Crippen molar-refractivity contribution in [1.29, 1.82) is 0 Å². The van der Waals surface area contributed by atoms with Gasteiger partial charge >= 0.3 is 0 Å². The van der Waals surface area contributed by atoms with E-state index in [0.717, 1.165) is 5.56 Å². The second-order valence-corrected chi connectivity index (χ2v) is 4.70. The van der Waals surface area contributed by atoms with Crippen LogP contribution in [0.3, 0.4) is 0 Å². The summed E-state index contributed by atoms with van der Waals surface area (Å²) in [6, 6.07) is 12.4. The molecule has 1 amide bonds. The second-order valence-electron chi connectivity index (χ2n) is 4.70. The predicted molar refractivity (Wildman–Crippen MR) is 85.3 cm³/mol. The number of carbonyl (C=O) groups excluding carboxylic acids is 1. The van der Waals surface area contributed by atoms with Crippen LogP contribution in [-0.2, 0) is 0 Å². The number of benzene rings is 1. The first-order valence-corrected chi connectivity index (χ1v) is 7.18. The van der Waals surface area contributed by atoms with Crippen LogP contribution in [0.15, 0.2) is 59.4 Å². The van der Waals surface area contributed by atoms with Gasteiger partial charge in [-0.1, -0.05) is 17.3 Å². The molecule has 0 saturated carbocycles. The molecule has 2 heterocycles. The van der Waals surface area contributed by atoms with Gasteiger partial charge in [0.15, 0.2) is 0 Å². The molecular weight excluding hydrogens is 294 g/mol. The molecule has 3 rings (SSSR count). The zero-order valence-electron chi connectivity index (χ0n) is 12.5. The fourth-order valence-corrected chi connectivity index (χ4v) is 2.10. The maximum atomic E-state index is 12.4. The zero-order chi connectivity index (χ0) is 16.1. The molecule has 116 valence electrons. The molecule has 0 fully saturated rings. The summed E-state index contributed by atoms with van der Waals surface area (Å²) in [4.78, 5) is 16.4. The van der Waals surface area contributed by atoms with Crippen LogP contribution in [0, 0.1) is 0 Å². The second kappa shape index (κ2) is 6.74. The van der Waals surface area contributed by atoms with Crippen molar-refractivity contribution < 1.29 is 14.1 Å². The summed E-state index contributed by atoms with van der Waals surface area (Å²) in [7, 11) is 0. The summed E-state index contributed by atoms with van der Waals surface area (Å²) in [5, 5.41) is 6.61. The van der Waals surface area contributed by atoms with E-state index in [2.05, 4.69) is 15.5 Å². The number of aromatic nitrogens is 2. The highest BCUT2D eigenvalue weighted by Crippen LogP contribution is 2.23. The molecule has 0 atom stereocenters. The van der Waals surface area contributed by atoms with E-state index in [1.807, 2.05) is 19.1 Å². The Morgan fingerprint density at radius 1 is 1.26 bits per heavy atom. The van der Waals surface area contributed by atoms with Crippen LogP contribution in [0.1, 0.15) is 17.3 Å². The highest BCUT2D eigenvalue weighted by molar-refractivity contribution is 6.05. The highest BCUT2D eigenvalue weighted by Gasteiger charge is 2.15. The first kappa shape index (κ1) is 14.8. The Labute approximate surface area is 133 Å². The maximum Gasteiger partial charge on any atom is 0.261 e. The number of anilines is 1. The Morgan fingerprint density at radius 3 is 2.91 bits per heavy atom. The molecule has 0 spiro atoms. The van der Waals surface area contributed by atoms with E-state index in [0.29, 0.717) is 23.6 Å². The van der Waals surface area contributed by atoms with Crippen molar-refractivity contribution in [2.45, 2.75) is 6.92 Å². The molecule has 2 aromatic heterocycles. The lowest BCUT2D eigenvalue weighted by Crippen LogP contribution is -2.13. The summed E-state index contributed by atoms with van der Waals surface area (Å²) in [6.45, 7) is 2.35. The van der Waals surface area contributed by atoms with Gasteiger partial charge in [0.1, 0.15) is 11.4 Å². The molecule has 6 heteroatoms. The Balaban J connectivity index is 1.78. The molecule has 0 bridgehead atoms. The van der Waals surface area contributed by atoms with Crippen molar-refractivity contribution in [3.05, 3.63) is 60.4 Å². The van der Waals surface area contributed by atoms with Crippen molar-refractivity contribution in [2.24, 2.45) is 0 Å². The normalized spacial score (nSPS) is 10.3. The third kappa shape index (κ3) is 3.37. The average molecular weight is 309 g/mol. The number of hydrogen-bond donors (Lipinski definition) is 1. The van der Waals surface area contributed by atoms with Crippen LogP contribution in [0.4, 0.5) is 5.88 Å². The molecule has 0 aliphatic carbocycles. The average Bonchev–Trinajstić information content (AvgIpc) is 3.05. The largest absolute Gasteiger partial charge is 0.493 e. The molecule has 1 aromatic carbocycles. The number of nitrogens with one attached hydrogen (secondary N) is 1. The number of nitrogens with zero attached hydrogens (tertiary/aromatic N) is 2. The van der Waals surface area contributed by atoms with Crippen LogP contribution < -0.4 is 10.1 Å². The summed E-state index contributed by atoms with van der Waals surface area (Å²) >= 11 is 0. The molecule has 23 heavy (non-hydrogen) atoms. The first-order chi connectivity index (χ1) is 11.3. The molecule has 0 aliphatic heterocycles. The van der Waals surface area contributed by atoms with Gasteiger partial charge in [-0.05, 0) is 31.2 Å². The molecule has 1 N–H and O–H groups in total. The van der Waals surface area contributed by atoms with Crippen molar-refractivity contribution in [1.82, 2.24) is 10.1 Å². The monoisotopic (exact) mass is 309 g/mol. The highest BCUT2D eigenvalue weighted by atomic mass is 16.5.